The van der Waals surface area contributed by atoms with Crippen molar-refractivity contribution in [1.29, 1.82) is 0 Å². The summed E-state index contributed by atoms with van der Waals surface area (Å²) in [5.41, 5.74) is 0. The monoisotopic (exact) mass is 381 g/mol. The number of likely N-dealkylation sites (N-methyl/N-ethyl adjacent to an activating group) is 1. The van der Waals surface area contributed by atoms with Crippen LogP contribution in [-0.4, -0.2) is 56.6 Å². The lowest BCUT2D eigenvalue weighted by Crippen LogP contribution is -2.37. The number of phosphoric ester groups is 1. The number of phosphoric acid groups is 1. The maximum atomic E-state index is 11.6. The topological polar surface area (TPSA) is 78.8 Å². The van der Waals surface area contributed by atoms with E-state index in [1.807, 2.05) is 21.1 Å². The number of hydrogen-bond acceptors (Lipinski definition) is 5. The highest BCUT2D eigenvalue weighted by Crippen LogP contribution is 2.38. The van der Waals surface area contributed by atoms with Gasteiger partial charge in [0.1, 0.15) is 13.2 Å². The zero-order valence-corrected chi connectivity index (χ0v) is 17.6. The van der Waals surface area contributed by atoms with Crippen molar-refractivity contribution >= 4 is 7.82 Å². The van der Waals surface area contributed by atoms with Gasteiger partial charge < -0.3 is 23.5 Å². The molecule has 7 heteroatoms. The van der Waals surface area contributed by atoms with Crippen molar-refractivity contribution in [1.82, 2.24) is 0 Å². The van der Waals surface area contributed by atoms with Gasteiger partial charge in [0.25, 0.3) is 7.82 Å². The van der Waals surface area contributed by atoms with Gasteiger partial charge in [0.05, 0.1) is 33.9 Å². The first-order chi connectivity index (χ1) is 11.7. The van der Waals surface area contributed by atoms with Gasteiger partial charge in [-0.25, -0.2) is 0 Å². The molecule has 0 radical (unpaired) electrons. The number of quaternary nitrogens is 1. The Hall–Kier alpha value is 0.0300. The fraction of sp³-hybridized carbons (Fsp3) is 1.00. The normalized spacial score (nSPS) is 15.9. The number of unbranched alkanes of at least 4 members (excludes halogenated alkanes) is 6. The number of nitrogens with zero attached hydrogens (tertiary/aromatic N) is 1. The van der Waals surface area contributed by atoms with Crippen LogP contribution in [0.1, 0.15) is 71.1 Å². The van der Waals surface area contributed by atoms with Crippen LogP contribution in [0, 0.1) is 0 Å². The highest BCUT2D eigenvalue weighted by Gasteiger charge is 2.13. The first-order valence-electron chi connectivity index (χ1n) is 9.75. The van der Waals surface area contributed by atoms with E-state index in [0.717, 1.165) is 19.3 Å². The summed E-state index contributed by atoms with van der Waals surface area (Å²) in [5.74, 6) is 0. The van der Waals surface area contributed by atoms with E-state index < -0.39 is 7.82 Å². The average molecular weight is 381 g/mol. The van der Waals surface area contributed by atoms with Crippen LogP contribution in [0.3, 0.4) is 0 Å². The molecular formula is C18H40NO5P. The van der Waals surface area contributed by atoms with Crippen LogP contribution in [-0.2, 0) is 13.6 Å². The van der Waals surface area contributed by atoms with E-state index in [1.165, 1.54) is 32.1 Å². The maximum absolute atomic E-state index is 11.6. The minimum Gasteiger partial charge on any atom is -0.756 e. The van der Waals surface area contributed by atoms with Crippen molar-refractivity contribution in [2.75, 3.05) is 40.9 Å². The van der Waals surface area contributed by atoms with E-state index in [4.69, 9.17) is 9.05 Å². The summed E-state index contributed by atoms with van der Waals surface area (Å²) in [6.45, 7) is 2.99. The van der Waals surface area contributed by atoms with E-state index >= 15 is 0 Å². The van der Waals surface area contributed by atoms with E-state index in [2.05, 4.69) is 6.92 Å². The predicted molar refractivity (Wildman–Crippen MR) is 100 cm³/mol. The number of aliphatic hydroxyl groups is 1. The third-order valence-corrected chi connectivity index (χ3v) is 5.08. The smallest absolute Gasteiger partial charge is 0.268 e. The Kier molecular flexibility index (Phi) is 14.1. The van der Waals surface area contributed by atoms with Gasteiger partial charge in [0.15, 0.2) is 0 Å². The third kappa shape index (κ3) is 18.6. The van der Waals surface area contributed by atoms with E-state index in [-0.39, 0.29) is 19.3 Å². The standard InChI is InChI=1S/C18H40NO5P/c1-5-6-7-8-9-10-11-13-18(20)14-12-16-23-25(21,22)24-17-15-19(2,3)4/h18,20H,5-17H2,1-4H3. The van der Waals surface area contributed by atoms with Crippen molar-refractivity contribution in [2.45, 2.75) is 77.2 Å². The summed E-state index contributed by atoms with van der Waals surface area (Å²) in [6, 6.07) is 0. The first-order valence-corrected chi connectivity index (χ1v) is 11.2. The molecule has 0 rings (SSSR count). The molecule has 1 N–H and O–H groups in total. The first kappa shape index (κ1) is 25.0. The Morgan fingerprint density at radius 1 is 0.920 bits per heavy atom. The van der Waals surface area contributed by atoms with Crippen LogP contribution < -0.4 is 4.89 Å². The van der Waals surface area contributed by atoms with E-state index in [9.17, 15) is 14.6 Å². The van der Waals surface area contributed by atoms with E-state index in [0.29, 0.717) is 23.9 Å². The minimum absolute atomic E-state index is 0.0687. The highest BCUT2D eigenvalue weighted by molar-refractivity contribution is 7.45. The lowest BCUT2D eigenvalue weighted by Gasteiger charge is -2.27. The lowest BCUT2D eigenvalue weighted by atomic mass is 10.0. The molecule has 25 heavy (non-hydrogen) atoms. The Bertz CT molecular complexity index is 360. The Morgan fingerprint density at radius 3 is 2.04 bits per heavy atom. The minimum atomic E-state index is -4.22. The van der Waals surface area contributed by atoms with Gasteiger partial charge in [-0.15, -0.1) is 0 Å². The van der Waals surface area contributed by atoms with Gasteiger partial charge in [0.2, 0.25) is 0 Å². The molecule has 0 aromatic carbocycles. The second kappa shape index (κ2) is 14.1. The lowest BCUT2D eigenvalue weighted by molar-refractivity contribution is -0.870. The summed E-state index contributed by atoms with van der Waals surface area (Å²) in [7, 11) is 1.67. The molecule has 0 heterocycles. The van der Waals surface area contributed by atoms with Crippen LogP contribution in [0.15, 0.2) is 0 Å². The Balaban J connectivity index is 3.57. The molecule has 0 bridgehead atoms. The zero-order valence-electron chi connectivity index (χ0n) is 16.7. The van der Waals surface area contributed by atoms with Gasteiger partial charge in [-0.2, -0.15) is 0 Å². The van der Waals surface area contributed by atoms with Crippen molar-refractivity contribution in [3.05, 3.63) is 0 Å². The molecule has 0 amide bonds. The number of hydrogen-bond donors (Lipinski definition) is 1. The Labute approximate surface area is 154 Å². The van der Waals surface area contributed by atoms with Gasteiger partial charge >= 0.3 is 0 Å². The van der Waals surface area contributed by atoms with Crippen molar-refractivity contribution < 1.29 is 28.1 Å². The summed E-state index contributed by atoms with van der Waals surface area (Å²) in [5, 5.41) is 9.91. The highest BCUT2D eigenvalue weighted by atomic mass is 31.2. The van der Waals surface area contributed by atoms with Crippen molar-refractivity contribution in [3.8, 4) is 0 Å². The van der Waals surface area contributed by atoms with Crippen LogP contribution in [0.4, 0.5) is 0 Å². The van der Waals surface area contributed by atoms with Gasteiger partial charge in [-0.3, -0.25) is 4.57 Å². The Morgan fingerprint density at radius 2 is 1.44 bits per heavy atom. The molecule has 152 valence electrons. The molecule has 0 aliphatic rings. The van der Waals surface area contributed by atoms with E-state index in [1.54, 1.807) is 0 Å². The van der Waals surface area contributed by atoms with Gasteiger partial charge in [-0.1, -0.05) is 51.9 Å². The van der Waals surface area contributed by atoms with Crippen molar-refractivity contribution in [3.63, 3.8) is 0 Å². The molecule has 2 atom stereocenters. The quantitative estimate of drug-likeness (QED) is 0.237. The van der Waals surface area contributed by atoms with Gasteiger partial charge in [0, 0.05) is 0 Å². The molecule has 6 nitrogen and oxygen atoms in total. The van der Waals surface area contributed by atoms with Crippen LogP contribution >= 0.6 is 7.82 Å². The van der Waals surface area contributed by atoms with Crippen LogP contribution in [0.25, 0.3) is 0 Å². The zero-order chi connectivity index (χ0) is 19.2. The summed E-state index contributed by atoms with van der Waals surface area (Å²) in [6.07, 6.45) is 10.1. The number of aliphatic hydroxyl groups excluding tert-OH is 1. The molecule has 0 spiro atoms. The fourth-order valence-corrected chi connectivity index (χ4v) is 3.17. The number of rotatable bonds is 17. The maximum Gasteiger partial charge on any atom is 0.268 e. The molecule has 2 unspecified atom stereocenters. The molecule has 0 aliphatic heterocycles. The molecule has 0 saturated heterocycles. The second-order valence-corrected chi connectivity index (χ2v) is 9.24. The molecular weight excluding hydrogens is 341 g/mol. The van der Waals surface area contributed by atoms with Gasteiger partial charge in [-0.05, 0) is 19.3 Å². The third-order valence-electron chi connectivity index (χ3n) is 4.08. The van der Waals surface area contributed by atoms with Crippen molar-refractivity contribution in [2.24, 2.45) is 0 Å². The summed E-state index contributed by atoms with van der Waals surface area (Å²) < 4.78 is 21.9. The summed E-state index contributed by atoms with van der Waals surface area (Å²) in [4.78, 5) is 11.6. The molecule has 0 saturated carbocycles. The SMILES string of the molecule is CCCCCCCCCC(O)CCCOP(=O)([O-])OCC[N+](C)(C)C. The molecule has 0 aromatic heterocycles. The molecule has 0 aromatic rings. The average Bonchev–Trinajstić information content (AvgIpc) is 2.49. The van der Waals surface area contributed by atoms with Crippen LogP contribution in [0.5, 0.6) is 0 Å². The summed E-state index contributed by atoms with van der Waals surface area (Å²) >= 11 is 0. The van der Waals surface area contributed by atoms with Crippen LogP contribution in [0.2, 0.25) is 0 Å². The largest absolute Gasteiger partial charge is 0.756 e. The predicted octanol–water partition coefficient (Wildman–Crippen LogP) is 3.48. The molecule has 0 aliphatic carbocycles. The second-order valence-electron chi connectivity index (χ2n) is 7.83. The molecule has 0 fully saturated rings. The fourth-order valence-electron chi connectivity index (χ4n) is 2.44.